The molecule has 0 spiro atoms. The summed E-state index contributed by atoms with van der Waals surface area (Å²) in [4.78, 5) is 39.4. The third kappa shape index (κ3) is 6.40. The van der Waals surface area contributed by atoms with Crippen LogP contribution in [0.2, 0.25) is 0 Å². The van der Waals surface area contributed by atoms with E-state index in [1.807, 2.05) is 31.2 Å². The maximum atomic E-state index is 11.8. The summed E-state index contributed by atoms with van der Waals surface area (Å²) < 4.78 is 27.6. The van der Waals surface area contributed by atoms with Gasteiger partial charge in [0.15, 0.2) is 23.7 Å². The minimum atomic E-state index is -1.02. The Labute approximate surface area is 202 Å². The number of hydrogen-bond acceptors (Lipinski definition) is 10. The molecule has 0 aliphatic carbocycles. The highest BCUT2D eigenvalue weighted by Crippen LogP contribution is 2.35. The second kappa shape index (κ2) is 11.2. The van der Waals surface area contributed by atoms with E-state index in [1.54, 1.807) is 19.5 Å². The van der Waals surface area contributed by atoms with Gasteiger partial charge in [-0.25, -0.2) is 0 Å². The van der Waals surface area contributed by atoms with E-state index in [2.05, 4.69) is 4.98 Å². The highest BCUT2D eigenvalue weighted by Gasteiger charge is 2.47. The molecule has 0 amide bonds. The molecule has 1 unspecified atom stereocenters. The number of aryl methyl sites for hydroxylation is 1. The van der Waals surface area contributed by atoms with Gasteiger partial charge in [0.05, 0.1) is 13.3 Å². The van der Waals surface area contributed by atoms with Crippen LogP contribution < -0.4 is 9.47 Å². The van der Waals surface area contributed by atoms with Gasteiger partial charge in [0.2, 0.25) is 0 Å². The van der Waals surface area contributed by atoms with Gasteiger partial charge in [-0.1, -0.05) is 6.07 Å². The Hall–Kier alpha value is -3.27. The van der Waals surface area contributed by atoms with E-state index in [0.717, 1.165) is 22.4 Å². The zero-order valence-electron chi connectivity index (χ0n) is 19.6. The summed E-state index contributed by atoms with van der Waals surface area (Å²) in [5, 5.41) is 0. The van der Waals surface area contributed by atoms with Crippen molar-refractivity contribution < 1.29 is 38.1 Å². The van der Waals surface area contributed by atoms with Crippen LogP contribution in [-0.2, 0) is 28.6 Å². The molecule has 182 valence electrons. The molecule has 3 rings (SSSR count). The van der Waals surface area contributed by atoms with Crippen molar-refractivity contribution in [1.29, 1.82) is 0 Å². The van der Waals surface area contributed by atoms with Gasteiger partial charge < -0.3 is 23.7 Å². The average molecular weight is 490 g/mol. The smallest absolute Gasteiger partial charge is 0.303 e. The van der Waals surface area contributed by atoms with Crippen LogP contribution in [-0.4, -0.2) is 59.5 Å². The number of hydrogen-bond donors (Lipinski definition) is 0. The second-order valence-electron chi connectivity index (χ2n) is 7.71. The van der Waals surface area contributed by atoms with Crippen molar-refractivity contribution in [2.75, 3.05) is 12.9 Å². The minimum Gasteiger partial charge on any atom is -0.497 e. The maximum absolute atomic E-state index is 11.8. The van der Waals surface area contributed by atoms with Crippen molar-refractivity contribution in [3.63, 3.8) is 0 Å². The predicted molar refractivity (Wildman–Crippen MR) is 124 cm³/mol. The first kappa shape index (κ1) is 25.4. The number of carbonyl (C=O) groups excluding carboxylic acids is 3. The number of benzene rings is 1. The third-order valence-electron chi connectivity index (χ3n) is 5.01. The Morgan fingerprint density at radius 2 is 1.59 bits per heavy atom. The van der Waals surface area contributed by atoms with Crippen LogP contribution >= 0.6 is 11.8 Å². The van der Waals surface area contributed by atoms with E-state index in [9.17, 15) is 14.4 Å². The summed E-state index contributed by atoms with van der Waals surface area (Å²) in [5.41, 5.74) is 2.06. The number of thioether (sulfide) groups is 1. The third-order valence-corrected chi connectivity index (χ3v) is 6.23. The van der Waals surface area contributed by atoms with Crippen molar-refractivity contribution in [1.82, 2.24) is 4.98 Å². The van der Waals surface area contributed by atoms with Crippen LogP contribution in [0.4, 0.5) is 0 Å². The van der Waals surface area contributed by atoms with E-state index >= 15 is 0 Å². The molecule has 1 aliphatic heterocycles. The van der Waals surface area contributed by atoms with Crippen LogP contribution in [0, 0.1) is 6.92 Å². The van der Waals surface area contributed by atoms with Gasteiger partial charge in [-0.15, -0.1) is 11.8 Å². The predicted octanol–water partition coefficient (Wildman–Crippen LogP) is 3.31. The van der Waals surface area contributed by atoms with E-state index < -0.39 is 41.7 Å². The molecule has 1 aromatic heterocycles. The zero-order chi connectivity index (χ0) is 24.8. The molecule has 1 saturated heterocycles. The molecule has 1 aliphatic rings. The summed E-state index contributed by atoms with van der Waals surface area (Å²) in [6.07, 6.45) is 0.457. The minimum absolute atomic E-state index is 0.282. The molecule has 0 N–H and O–H groups in total. The molecule has 9 nitrogen and oxygen atoms in total. The van der Waals surface area contributed by atoms with Crippen molar-refractivity contribution in [2.24, 2.45) is 0 Å². The molecule has 0 saturated carbocycles. The molecular formula is C24H27NO8S. The highest BCUT2D eigenvalue weighted by atomic mass is 32.2. The molecule has 0 bridgehead atoms. The lowest BCUT2D eigenvalue weighted by Gasteiger charge is -2.39. The van der Waals surface area contributed by atoms with Gasteiger partial charge in [-0.3, -0.25) is 19.4 Å². The summed E-state index contributed by atoms with van der Waals surface area (Å²) in [6.45, 7) is 5.71. The van der Waals surface area contributed by atoms with Crippen molar-refractivity contribution in [3.8, 4) is 22.6 Å². The first-order chi connectivity index (χ1) is 16.2. The number of carbonyl (C=O) groups is 3. The Bertz CT molecular complexity index is 1060. The normalized spacial score (nSPS) is 21.8. The molecule has 2 aromatic rings. The van der Waals surface area contributed by atoms with Crippen molar-refractivity contribution >= 4 is 29.7 Å². The summed E-state index contributed by atoms with van der Waals surface area (Å²) in [7, 11) is 1.61. The standard InChI is InChI=1S/C24H27NO8S/c1-13-8-18(29-5)6-7-20(13)17-9-19(11-25-10-17)33-24-23(32-16(4)28)22(31-15(3)27)21(12-34-24)30-14(2)26/h6-11,21-24H,12H2,1-5H3/t21-,22+,23-,24?/m1/s1. The van der Waals surface area contributed by atoms with Gasteiger partial charge in [-0.2, -0.15) is 0 Å². The van der Waals surface area contributed by atoms with Crippen molar-refractivity contribution in [3.05, 3.63) is 42.2 Å². The molecule has 1 aromatic carbocycles. The topological polar surface area (TPSA) is 110 Å². The van der Waals surface area contributed by atoms with Gasteiger partial charge >= 0.3 is 17.9 Å². The number of esters is 3. The number of nitrogens with zero attached hydrogens (tertiary/aromatic N) is 1. The average Bonchev–Trinajstić information content (AvgIpc) is 2.76. The van der Waals surface area contributed by atoms with E-state index in [0.29, 0.717) is 5.75 Å². The number of methoxy groups -OCH3 is 1. The molecule has 2 heterocycles. The number of rotatable bonds is 7. The second-order valence-corrected chi connectivity index (χ2v) is 8.84. The zero-order valence-corrected chi connectivity index (χ0v) is 20.4. The van der Waals surface area contributed by atoms with E-state index in [-0.39, 0.29) is 5.75 Å². The molecule has 34 heavy (non-hydrogen) atoms. The van der Waals surface area contributed by atoms with Crippen LogP contribution in [0.5, 0.6) is 11.5 Å². The molecule has 0 radical (unpaired) electrons. The lowest BCUT2D eigenvalue weighted by atomic mass is 10.0. The fourth-order valence-corrected chi connectivity index (χ4v) is 4.88. The summed E-state index contributed by atoms with van der Waals surface area (Å²) in [6, 6.07) is 7.55. The SMILES string of the molecule is COc1ccc(-c2cncc(OC3SC[C@@H](OC(C)=O)[C@H](OC(C)=O)[C@H]3OC(C)=O)c2)c(C)c1. The van der Waals surface area contributed by atoms with Crippen LogP contribution in [0.25, 0.3) is 11.1 Å². The quantitative estimate of drug-likeness (QED) is 0.424. The Morgan fingerprint density at radius 1 is 0.912 bits per heavy atom. The molecule has 4 atom stereocenters. The van der Waals surface area contributed by atoms with Crippen LogP contribution in [0.1, 0.15) is 26.3 Å². The largest absolute Gasteiger partial charge is 0.497 e. The summed E-state index contributed by atoms with van der Waals surface area (Å²) >= 11 is 1.29. The fraction of sp³-hybridized carbons (Fsp3) is 0.417. The van der Waals surface area contributed by atoms with Crippen LogP contribution in [0.3, 0.4) is 0 Å². The Balaban J connectivity index is 1.88. The first-order valence-electron chi connectivity index (χ1n) is 10.6. The fourth-order valence-electron chi connectivity index (χ4n) is 3.66. The van der Waals surface area contributed by atoms with Crippen molar-refractivity contribution in [2.45, 2.75) is 51.4 Å². The molecule has 1 fully saturated rings. The number of aromatic nitrogens is 1. The summed E-state index contributed by atoms with van der Waals surface area (Å²) in [5.74, 6) is -0.234. The molecular weight excluding hydrogens is 462 g/mol. The Kier molecular flexibility index (Phi) is 8.38. The van der Waals surface area contributed by atoms with E-state index in [4.69, 9.17) is 23.7 Å². The van der Waals surface area contributed by atoms with Gasteiger partial charge in [0.1, 0.15) is 11.5 Å². The monoisotopic (exact) mass is 489 g/mol. The number of pyridine rings is 1. The highest BCUT2D eigenvalue weighted by molar-refractivity contribution is 7.99. The lowest BCUT2D eigenvalue weighted by Crippen LogP contribution is -2.55. The first-order valence-corrected chi connectivity index (χ1v) is 11.6. The van der Waals surface area contributed by atoms with Crippen LogP contribution in [0.15, 0.2) is 36.7 Å². The van der Waals surface area contributed by atoms with Gasteiger partial charge in [-0.05, 0) is 36.2 Å². The molecule has 10 heteroatoms. The van der Waals surface area contributed by atoms with E-state index in [1.165, 1.54) is 32.5 Å². The Morgan fingerprint density at radius 3 is 2.21 bits per heavy atom. The lowest BCUT2D eigenvalue weighted by molar-refractivity contribution is -0.186. The van der Waals surface area contributed by atoms with Gasteiger partial charge in [0, 0.05) is 38.3 Å². The number of ether oxygens (including phenoxy) is 5. The van der Waals surface area contributed by atoms with Gasteiger partial charge in [0.25, 0.3) is 0 Å². The maximum Gasteiger partial charge on any atom is 0.303 e.